The van der Waals surface area contributed by atoms with Crippen LogP contribution in [0.15, 0.2) is 47.4 Å². The molecule has 0 aliphatic rings. The van der Waals surface area contributed by atoms with Crippen molar-refractivity contribution in [3.05, 3.63) is 59.2 Å². The minimum absolute atomic E-state index is 0.0330. The number of halogens is 9. The fraction of sp³-hybridized carbons (Fsp3) is 0.294. The van der Waals surface area contributed by atoms with E-state index >= 15 is 0 Å². The molecule has 1 N–H and O–H groups in total. The molecule has 0 fully saturated rings. The van der Waals surface area contributed by atoms with Crippen LogP contribution >= 0.6 is 0 Å². The molecule has 2 aromatic carbocycles. The first-order valence-corrected chi connectivity index (χ1v) is 9.58. The molecule has 31 heavy (non-hydrogen) atoms. The lowest BCUT2D eigenvalue weighted by atomic mass is 10.1. The monoisotopic (exact) mass is 481 g/mol. The summed E-state index contributed by atoms with van der Waals surface area (Å²) in [6, 6.07) is 3.42. The normalized spacial score (nSPS) is 13.3. The van der Waals surface area contributed by atoms with E-state index in [0.717, 1.165) is 18.2 Å². The van der Waals surface area contributed by atoms with Crippen LogP contribution in [0.5, 0.6) is 5.75 Å². The minimum Gasteiger partial charge on any atom is -0.492 e. The third kappa shape index (κ3) is 6.75. The van der Waals surface area contributed by atoms with Crippen LogP contribution in [0.1, 0.15) is 16.7 Å². The Balaban J connectivity index is 2.14. The molecule has 0 saturated carbocycles. The van der Waals surface area contributed by atoms with E-state index in [1.807, 2.05) is 0 Å². The van der Waals surface area contributed by atoms with E-state index in [-0.39, 0.29) is 23.9 Å². The fourth-order valence-corrected chi connectivity index (χ4v) is 3.35. The van der Waals surface area contributed by atoms with Crippen molar-refractivity contribution >= 4 is 10.0 Å². The van der Waals surface area contributed by atoms with Crippen LogP contribution in [0.3, 0.4) is 0 Å². The zero-order chi connectivity index (χ0) is 23.7. The van der Waals surface area contributed by atoms with Gasteiger partial charge in [0, 0.05) is 6.54 Å². The highest BCUT2D eigenvalue weighted by atomic mass is 32.2. The van der Waals surface area contributed by atoms with E-state index in [1.54, 1.807) is 4.72 Å². The molecule has 0 heterocycles. The molecular formula is C17H12F9NO3S. The predicted molar refractivity (Wildman–Crippen MR) is 88.6 cm³/mol. The van der Waals surface area contributed by atoms with Crippen LogP contribution in [0.4, 0.5) is 39.5 Å². The Kier molecular flexibility index (Phi) is 6.85. The maximum Gasteiger partial charge on any atom is 0.416 e. The van der Waals surface area contributed by atoms with Crippen LogP contribution in [-0.4, -0.2) is 21.6 Å². The lowest BCUT2D eigenvalue weighted by molar-refractivity contribution is -0.143. The van der Waals surface area contributed by atoms with Gasteiger partial charge in [0.2, 0.25) is 10.0 Å². The Hall–Kier alpha value is -2.48. The van der Waals surface area contributed by atoms with Crippen molar-refractivity contribution in [2.75, 3.05) is 13.2 Å². The van der Waals surface area contributed by atoms with E-state index < -0.39 is 63.3 Å². The number of nitrogens with one attached hydrogen (secondary N) is 1. The van der Waals surface area contributed by atoms with Gasteiger partial charge in [0.15, 0.2) is 0 Å². The zero-order valence-electron chi connectivity index (χ0n) is 15.0. The summed E-state index contributed by atoms with van der Waals surface area (Å²) in [4.78, 5) is -1.28. The van der Waals surface area contributed by atoms with Gasteiger partial charge < -0.3 is 4.74 Å². The second-order valence-corrected chi connectivity index (χ2v) is 7.78. The van der Waals surface area contributed by atoms with E-state index in [0.29, 0.717) is 6.07 Å². The lowest BCUT2D eigenvalue weighted by Gasteiger charge is -2.15. The van der Waals surface area contributed by atoms with Gasteiger partial charge >= 0.3 is 18.5 Å². The summed E-state index contributed by atoms with van der Waals surface area (Å²) in [6.07, 6.45) is -15.1. The predicted octanol–water partition coefficient (Wildman–Crippen LogP) is 5.10. The standard InChI is InChI=1S/C17H12F9NO3S/c18-15(19,20)10-2-1-3-13(7-10)30-5-4-27-31(28,29)14-8-11(16(21,22)23)6-12(9-14)17(24,25)26/h1-3,6-9,27H,4-5H2. The van der Waals surface area contributed by atoms with Gasteiger partial charge in [-0.05, 0) is 36.4 Å². The van der Waals surface area contributed by atoms with Gasteiger partial charge in [-0.15, -0.1) is 0 Å². The molecule has 0 aliphatic heterocycles. The van der Waals surface area contributed by atoms with Gasteiger partial charge in [-0.25, -0.2) is 13.1 Å². The molecule has 0 aromatic heterocycles. The Labute approximate surface area is 169 Å². The molecule has 0 unspecified atom stereocenters. The second-order valence-electron chi connectivity index (χ2n) is 6.01. The Bertz CT molecular complexity index is 996. The molecule has 0 saturated heterocycles. The molecule has 0 amide bonds. The average molecular weight is 481 g/mol. The maximum absolute atomic E-state index is 12.9. The number of rotatable bonds is 6. The summed E-state index contributed by atoms with van der Waals surface area (Å²) in [5, 5.41) is 0. The van der Waals surface area contributed by atoms with Gasteiger partial charge in [-0.2, -0.15) is 39.5 Å². The third-order valence-electron chi connectivity index (χ3n) is 3.70. The van der Waals surface area contributed by atoms with E-state index in [4.69, 9.17) is 4.74 Å². The summed E-state index contributed by atoms with van der Waals surface area (Å²) in [7, 11) is -4.82. The Morgan fingerprint density at radius 3 is 1.74 bits per heavy atom. The first-order valence-electron chi connectivity index (χ1n) is 8.09. The number of hydrogen-bond donors (Lipinski definition) is 1. The van der Waals surface area contributed by atoms with Gasteiger partial charge in [0.05, 0.1) is 21.6 Å². The molecule has 0 aliphatic carbocycles. The van der Waals surface area contributed by atoms with E-state index in [9.17, 15) is 47.9 Å². The summed E-state index contributed by atoms with van der Waals surface area (Å²) < 4.78 is 146. The first-order chi connectivity index (χ1) is 14.0. The summed E-state index contributed by atoms with van der Waals surface area (Å²) in [5.74, 6) is -0.271. The molecule has 0 radical (unpaired) electrons. The van der Waals surface area contributed by atoms with Crippen molar-refractivity contribution in [3.63, 3.8) is 0 Å². The van der Waals surface area contributed by atoms with Crippen LogP contribution in [0.2, 0.25) is 0 Å². The summed E-state index contributed by atoms with van der Waals surface area (Å²) >= 11 is 0. The van der Waals surface area contributed by atoms with Crippen molar-refractivity contribution in [2.45, 2.75) is 23.4 Å². The average Bonchev–Trinajstić information content (AvgIpc) is 2.63. The topological polar surface area (TPSA) is 55.4 Å². The van der Waals surface area contributed by atoms with E-state index in [2.05, 4.69) is 0 Å². The molecule has 172 valence electrons. The van der Waals surface area contributed by atoms with Gasteiger partial charge in [-0.3, -0.25) is 0 Å². The van der Waals surface area contributed by atoms with Crippen molar-refractivity contribution in [3.8, 4) is 5.75 Å². The Morgan fingerprint density at radius 1 is 0.742 bits per heavy atom. The smallest absolute Gasteiger partial charge is 0.416 e. The van der Waals surface area contributed by atoms with Gasteiger partial charge in [-0.1, -0.05) is 6.07 Å². The van der Waals surface area contributed by atoms with Crippen LogP contribution in [-0.2, 0) is 28.6 Å². The fourth-order valence-electron chi connectivity index (χ4n) is 2.27. The van der Waals surface area contributed by atoms with Gasteiger partial charge in [0.1, 0.15) is 12.4 Å². The van der Waals surface area contributed by atoms with Crippen molar-refractivity contribution in [1.29, 1.82) is 0 Å². The van der Waals surface area contributed by atoms with Crippen molar-refractivity contribution < 1.29 is 52.7 Å². The highest BCUT2D eigenvalue weighted by molar-refractivity contribution is 7.89. The summed E-state index contributed by atoms with van der Waals surface area (Å²) in [6.45, 7) is -1.19. The van der Waals surface area contributed by atoms with Crippen LogP contribution < -0.4 is 9.46 Å². The summed E-state index contributed by atoms with van der Waals surface area (Å²) in [5.41, 5.74) is -4.67. The van der Waals surface area contributed by atoms with Crippen molar-refractivity contribution in [1.82, 2.24) is 4.72 Å². The molecule has 0 atom stereocenters. The SMILES string of the molecule is O=S(=O)(NCCOc1cccc(C(F)(F)F)c1)c1cc(C(F)(F)F)cc(C(F)(F)F)c1. The molecule has 2 rings (SSSR count). The molecule has 4 nitrogen and oxygen atoms in total. The lowest BCUT2D eigenvalue weighted by Crippen LogP contribution is -2.29. The Morgan fingerprint density at radius 2 is 1.26 bits per heavy atom. The van der Waals surface area contributed by atoms with Crippen LogP contribution in [0.25, 0.3) is 0 Å². The van der Waals surface area contributed by atoms with Crippen LogP contribution in [0, 0.1) is 0 Å². The zero-order valence-corrected chi connectivity index (χ0v) is 15.8. The highest BCUT2D eigenvalue weighted by Crippen LogP contribution is 2.37. The molecule has 2 aromatic rings. The molecule has 0 bridgehead atoms. The second kappa shape index (κ2) is 8.57. The minimum atomic E-state index is -5.24. The number of benzene rings is 2. The maximum atomic E-state index is 12.9. The van der Waals surface area contributed by atoms with Crippen molar-refractivity contribution in [2.24, 2.45) is 0 Å². The number of hydrogen-bond acceptors (Lipinski definition) is 3. The number of sulfonamides is 1. The quantitative estimate of drug-likeness (QED) is 0.462. The molecule has 14 heteroatoms. The highest BCUT2D eigenvalue weighted by Gasteiger charge is 2.38. The number of alkyl halides is 9. The largest absolute Gasteiger partial charge is 0.492 e. The van der Waals surface area contributed by atoms with E-state index in [1.165, 1.54) is 0 Å². The first kappa shape index (κ1) is 24.8. The number of ether oxygens (including phenoxy) is 1. The van der Waals surface area contributed by atoms with Gasteiger partial charge in [0.25, 0.3) is 0 Å². The molecular weight excluding hydrogens is 469 g/mol. The third-order valence-corrected chi connectivity index (χ3v) is 5.14. The molecule has 0 spiro atoms.